The zero-order valence-corrected chi connectivity index (χ0v) is 24.8. The van der Waals surface area contributed by atoms with Gasteiger partial charge in [-0.25, -0.2) is 9.37 Å². The zero-order valence-electron chi connectivity index (χ0n) is 23.6. The van der Waals surface area contributed by atoms with Crippen LogP contribution in [0.4, 0.5) is 15.9 Å². The molecule has 0 amide bonds. The first-order valence-electron chi connectivity index (χ1n) is 12.7. The lowest BCUT2D eigenvalue weighted by molar-refractivity contribution is 0.112. The van der Waals surface area contributed by atoms with Crippen LogP contribution in [0, 0.1) is 22.6 Å². The smallest absolute Gasteiger partial charge is 0.153 e. The minimum absolute atomic E-state index is 0.161. The molecule has 0 aliphatic rings. The molecule has 0 bridgehead atoms. The SMILES string of the molecule is CC.CC(C)(C)CCCO.CN(/C=C\c1c(C=O)cnn1Cc1c(F)cccc1P)c1cc(N)ncc1C#N. The zero-order chi connectivity index (χ0) is 29.6. The summed E-state index contributed by atoms with van der Waals surface area (Å²) >= 11 is 0. The highest BCUT2D eigenvalue weighted by atomic mass is 31.0. The number of nitriles is 1. The number of halogens is 1. The summed E-state index contributed by atoms with van der Waals surface area (Å²) in [6, 6.07) is 8.45. The first-order chi connectivity index (χ1) is 18.5. The number of aliphatic hydroxyl groups is 1. The maximum Gasteiger partial charge on any atom is 0.153 e. The van der Waals surface area contributed by atoms with Crippen molar-refractivity contribution in [3.63, 3.8) is 0 Å². The van der Waals surface area contributed by atoms with Crippen molar-refractivity contribution in [2.75, 3.05) is 24.3 Å². The molecule has 3 N–H and O–H groups in total. The van der Waals surface area contributed by atoms with Gasteiger partial charge in [-0.1, -0.05) is 46.8 Å². The van der Waals surface area contributed by atoms with Crippen molar-refractivity contribution in [2.24, 2.45) is 5.41 Å². The molecule has 0 aliphatic carbocycles. The lowest BCUT2D eigenvalue weighted by atomic mass is 9.91. The lowest BCUT2D eigenvalue weighted by Crippen LogP contribution is -2.14. The van der Waals surface area contributed by atoms with E-state index in [1.165, 1.54) is 18.5 Å². The van der Waals surface area contributed by atoms with Crippen LogP contribution in [-0.2, 0) is 6.54 Å². The lowest BCUT2D eigenvalue weighted by Gasteiger charge is -2.16. The summed E-state index contributed by atoms with van der Waals surface area (Å²) in [7, 11) is 4.24. The molecule has 0 spiro atoms. The van der Waals surface area contributed by atoms with Crippen LogP contribution in [0.25, 0.3) is 6.08 Å². The molecule has 10 heteroatoms. The standard InChI is InChI=1S/C20H18FN6OP.C7H16O.C2H6/c1-26(18-7-20(23)24-9-13(18)8-22)6-5-17-14(12-28)10-25-27(17)11-15-16(21)3-2-4-19(15)29;1-7(2,3)5-4-6-8;1-2/h2-7,9-10,12H,11,29H2,1H3,(H2,23,24);8H,4-6H2,1-3H3;1-2H3/b6-5-;;. The average Bonchev–Trinajstić information content (AvgIpc) is 3.30. The Labute approximate surface area is 233 Å². The summed E-state index contributed by atoms with van der Waals surface area (Å²) in [4.78, 5) is 17.0. The summed E-state index contributed by atoms with van der Waals surface area (Å²) in [5, 5.41) is 22.6. The normalized spacial score (nSPS) is 10.7. The number of carbonyl (C=O) groups is 1. The van der Waals surface area contributed by atoms with E-state index in [-0.39, 0.29) is 18.2 Å². The van der Waals surface area contributed by atoms with E-state index in [0.29, 0.717) is 51.7 Å². The fraction of sp³-hybridized carbons (Fsp3) is 0.379. The molecular formula is C29H40FN6O2P. The minimum Gasteiger partial charge on any atom is -0.396 e. The Balaban J connectivity index is 0.000000654. The third-order valence-corrected chi connectivity index (χ3v) is 5.99. The molecule has 1 unspecified atom stereocenters. The van der Waals surface area contributed by atoms with E-state index in [0.717, 1.165) is 12.8 Å². The fourth-order valence-electron chi connectivity index (χ4n) is 3.41. The van der Waals surface area contributed by atoms with Gasteiger partial charge in [-0.15, -0.1) is 9.24 Å². The van der Waals surface area contributed by atoms with Crippen molar-refractivity contribution in [2.45, 2.75) is 54.0 Å². The Hall–Kier alpha value is -3.60. The molecule has 0 radical (unpaired) electrons. The van der Waals surface area contributed by atoms with Gasteiger partial charge >= 0.3 is 0 Å². The Morgan fingerprint density at radius 3 is 2.51 bits per heavy atom. The van der Waals surface area contributed by atoms with E-state index in [1.54, 1.807) is 47.1 Å². The van der Waals surface area contributed by atoms with Gasteiger partial charge in [0.2, 0.25) is 0 Å². The molecule has 0 aliphatic heterocycles. The van der Waals surface area contributed by atoms with Crippen molar-refractivity contribution in [1.82, 2.24) is 14.8 Å². The van der Waals surface area contributed by atoms with Gasteiger partial charge in [0.05, 0.1) is 35.2 Å². The van der Waals surface area contributed by atoms with Gasteiger partial charge < -0.3 is 15.7 Å². The van der Waals surface area contributed by atoms with Gasteiger partial charge in [0.15, 0.2) is 6.29 Å². The van der Waals surface area contributed by atoms with Crippen LogP contribution in [0.5, 0.6) is 0 Å². The number of hydrogen-bond acceptors (Lipinski definition) is 7. The van der Waals surface area contributed by atoms with E-state index in [9.17, 15) is 14.4 Å². The van der Waals surface area contributed by atoms with Crippen LogP contribution < -0.4 is 15.9 Å². The molecular weight excluding hydrogens is 514 g/mol. The molecule has 8 nitrogen and oxygen atoms in total. The van der Waals surface area contributed by atoms with Gasteiger partial charge in [0.25, 0.3) is 0 Å². The number of aldehydes is 1. The fourth-order valence-corrected chi connectivity index (χ4v) is 3.75. The van der Waals surface area contributed by atoms with Gasteiger partial charge in [-0.3, -0.25) is 9.48 Å². The second-order valence-electron chi connectivity index (χ2n) is 9.62. The molecule has 3 aromatic rings. The summed E-state index contributed by atoms with van der Waals surface area (Å²) in [6.45, 7) is 11.0. The van der Waals surface area contributed by atoms with Gasteiger partial charge in [-0.05, 0) is 35.7 Å². The average molecular weight is 555 g/mol. The molecule has 0 fully saturated rings. The molecule has 2 aromatic heterocycles. The van der Waals surface area contributed by atoms with E-state index in [1.807, 2.05) is 13.8 Å². The van der Waals surface area contributed by atoms with Crippen molar-refractivity contribution in [3.8, 4) is 6.07 Å². The number of rotatable bonds is 8. The number of carbonyl (C=O) groups excluding carboxylic acids is 1. The predicted octanol–water partition coefficient (Wildman–Crippen LogP) is 5.17. The number of anilines is 2. The molecule has 1 atom stereocenters. The van der Waals surface area contributed by atoms with Crippen LogP contribution in [-0.4, -0.2) is 39.8 Å². The van der Waals surface area contributed by atoms with E-state index in [2.05, 4.69) is 46.2 Å². The van der Waals surface area contributed by atoms with Crippen LogP contribution >= 0.6 is 9.24 Å². The minimum atomic E-state index is -0.348. The van der Waals surface area contributed by atoms with Crippen molar-refractivity contribution >= 4 is 38.4 Å². The highest BCUT2D eigenvalue weighted by Gasteiger charge is 2.13. The summed E-state index contributed by atoms with van der Waals surface area (Å²) < 4.78 is 15.8. The molecule has 3 rings (SSSR count). The maximum atomic E-state index is 14.2. The number of aliphatic hydroxyl groups excluding tert-OH is 1. The monoisotopic (exact) mass is 554 g/mol. The highest BCUT2D eigenvalue weighted by molar-refractivity contribution is 7.27. The number of nitrogens with zero attached hydrogens (tertiary/aromatic N) is 5. The second-order valence-corrected chi connectivity index (χ2v) is 10.2. The first kappa shape index (κ1) is 33.4. The van der Waals surface area contributed by atoms with Gasteiger partial charge in [0.1, 0.15) is 17.7 Å². The van der Waals surface area contributed by atoms with Crippen molar-refractivity contribution < 1.29 is 14.3 Å². The van der Waals surface area contributed by atoms with Gasteiger partial charge in [0, 0.05) is 37.7 Å². The Kier molecular flexibility index (Phi) is 14.0. The Bertz CT molecular complexity index is 1260. The number of aromatic nitrogens is 3. The number of benzene rings is 1. The van der Waals surface area contributed by atoms with E-state index < -0.39 is 0 Å². The number of hydrogen-bond donors (Lipinski definition) is 2. The number of nitrogens with two attached hydrogens (primary N) is 1. The summed E-state index contributed by atoms with van der Waals surface area (Å²) in [5.74, 6) is -0.0657. The van der Waals surface area contributed by atoms with Crippen LogP contribution in [0.3, 0.4) is 0 Å². The Morgan fingerprint density at radius 1 is 1.28 bits per heavy atom. The van der Waals surface area contributed by atoms with Crippen LogP contribution in [0.1, 0.15) is 74.6 Å². The molecule has 210 valence electrons. The number of nitrogen functional groups attached to an aromatic ring is 1. The second kappa shape index (κ2) is 16.4. The topological polar surface area (TPSA) is 121 Å². The predicted molar refractivity (Wildman–Crippen MR) is 160 cm³/mol. The first-order valence-corrected chi connectivity index (χ1v) is 13.3. The molecule has 2 heterocycles. The largest absolute Gasteiger partial charge is 0.396 e. The summed E-state index contributed by atoms with van der Waals surface area (Å²) in [5.41, 5.74) is 8.39. The van der Waals surface area contributed by atoms with Gasteiger partial charge in [-0.2, -0.15) is 10.4 Å². The van der Waals surface area contributed by atoms with Crippen molar-refractivity contribution in [1.29, 1.82) is 5.26 Å². The number of pyridine rings is 1. The maximum absolute atomic E-state index is 14.2. The molecule has 0 saturated carbocycles. The van der Waals surface area contributed by atoms with Crippen LogP contribution in [0.2, 0.25) is 0 Å². The van der Waals surface area contributed by atoms with E-state index >= 15 is 0 Å². The quantitative estimate of drug-likeness (QED) is 0.291. The highest BCUT2D eigenvalue weighted by Crippen LogP contribution is 2.22. The molecule has 0 saturated heterocycles. The summed E-state index contributed by atoms with van der Waals surface area (Å²) in [6.07, 6.45) is 8.93. The third kappa shape index (κ3) is 10.6. The third-order valence-electron chi connectivity index (χ3n) is 5.44. The Morgan fingerprint density at radius 2 is 1.97 bits per heavy atom. The molecule has 1 aromatic carbocycles. The van der Waals surface area contributed by atoms with E-state index in [4.69, 9.17) is 10.8 Å². The molecule has 39 heavy (non-hydrogen) atoms. The van der Waals surface area contributed by atoms with Crippen LogP contribution in [0.15, 0.2) is 42.9 Å². The van der Waals surface area contributed by atoms with Crippen molar-refractivity contribution in [3.05, 3.63) is 71.1 Å².